The maximum Gasteiger partial charge on any atom is 0.119 e. The van der Waals surface area contributed by atoms with Gasteiger partial charge >= 0.3 is 0 Å². The molecular weight excluding hydrogens is 284 g/mol. The number of hydrogen-bond donors (Lipinski definition) is 1. The highest BCUT2D eigenvalue weighted by atomic mass is 16.5. The lowest BCUT2D eigenvalue weighted by molar-refractivity contribution is 0.307. The Morgan fingerprint density at radius 3 is 2.48 bits per heavy atom. The van der Waals surface area contributed by atoms with Crippen LogP contribution in [0.4, 0.5) is 0 Å². The molecule has 0 saturated heterocycles. The lowest BCUT2D eigenvalue weighted by Gasteiger charge is -2.09. The van der Waals surface area contributed by atoms with Crippen LogP contribution in [0.5, 0.6) is 5.75 Å². The molecule has 0 fully saturated rings. The van der Waals surface area contributed by atoms with Gasteiger partial charge < -0.3 is 15.0 Å². The molecule has 1 aromatic heterocycles. The minimum absolute atomic E-state index is 0.402. The second kappa shape index (κ2) is 6.47. The molecule has 0 spiro atoms. The molecule has 2 aromatic carbocycles. The molecule has 3 nitrogen and oxygen atoms in total. The van der Waals surface area contributed by atoms with Crippen molar-refractivity contribution in [2.45, 2.75) is 40.0 Å². The minimum Gasteiger partial charge on any atom is -0.489 e. The SMILES string of the molecule is Cc1ccc(OCc2cn(C(C)C)c3cc(CN)ccc23)cc1. The predicted molar refractivity (Wildman–Crippen MR) is 95.7 cm³/mol. The quantitative estimate of drug-likeness (QED) is 0.750. The average Bonchev–Trinajstić information content (AvgIpc) is 2.92. The van der Waals surface area contributed by atoms with Gasteiger partial charge in [-0.25, -0.2) is 0 Å². The molecule has 3 heteroatoms. The van der Waals surface area contributed by atoms with E-state index in [1.54, 1.807) is 0 Å². The van der Waals surface area contributed by atoms with Gasteiger partial charge in [0.2, 0.25) is 0 Å². The first kappa shape index (κ1) is 15.6. The Hall–Kier alpha value is -2.26. The topological polar surface area (TPSA) is 40.2 Å². The number of aryl methyl sites for hydroxylation is 1. The van der Waals surface area contributed by atoms with E-state index in [0.717, 1.165) is 11.3 Å². The van der Waals surface area contributed by atoms with Gasteiger partial charge in [0.15, 0.2) is 0 Å². The van der Waals surface area contributed by atoms with E-state index < -0.39 is 0 Å². The highest BCUT2D eigenvalue weighted by Gasteiger charge is 2.11. The van der Waals surface area contributed by atoms with Gasteiger partial charge in [0.1, 0.15) is 12.4 Å². The summed E-state index contributed by atoms with van der Waals surface area (Å²) < 4.78 is 8.26. The van der Waals surface area contributed by atoms with E-state index in [-0.39, 0.29) is 0 Å². The molecule has 0 aliphatic heterocycles. The van der Waals surface area contributed by atoms with Crippen LogP contribution in [-0.4, -0.2) is 4.57 Å². The first-order valence-corrected chi connectivity index (χ1v) is 8.10. The summed E-state index contributed by atoms with van der Waals surface area (Å²) in [7, 11) is 0. The normalized spacial score (nSPS) is 11.3. The number of hydrogen-bond acceptors (Lipinski definition) is 2. The first-order chi connectivity index (χ1) is 11.1. The monoisotopic (exact) mass is 308 g/mol. The summed E-state index contributed by atoms with van der Waals surface area (Å²) in [5.41, 5.74) is 10.6. The van der Waals surface area contributed by atoms with Crippen LogP contribution in [0.1, 0.15) is 36.6 Å². The molecule has 3 aromatic rings. The van der Waals surface area contributed by atoms with Gasteiger partial charge in [-0.3, -0.25) is 0 Å². The fourth-order valence-electron chi connectivity index (χ4n) is 2.83. The van der Waals surface area contributed by atoms with Crippen molar-refractivity contribution in [3.63, 3.8) is 0 Å². The van der Waals surface area contributed by atoms with Gasteiger partial charge in [0.05, 0.1) is 0 Å². The molecule has 0 radical (unpaired) electrons. The Kier molecular flexibility index (Phi) is 4.39. The number of benzene rings is 2. The third-order valence-electron chi connectivity index (χ3n) is 4.19. The summed E-state index contributed by atoms with van der Waals surface area (Å²) in [5, 5.41) is 1.24. The van der Waals surface area contributed by atoms with Gasteiger partial charge in [0.25, 0.3) is 0 Å². The molecule has 1 heterocycles. The Balaban J connectivity index is 1.92. The number of ether oxygens (including phenoxy) is 1. The smallest absolute Gasteiger partial charge is 0.119 e. The molecule has 0 atom stereocenters. The van der Waals surface area contributed by atoms with Crippen molar-refractivity contribution in [1.82, 2.24) is 4.57 Å². The molecule has 120 valence electrons. The second-order valence-corrected chi connectivity index (χ2v) is 6.31. The zero-order valence-corrected chi connectivity index (χ0v) is 14.0. The maximum absolute atomic E-state index is 5.97. The number of fused-ring (bicyclic) bond motifs is 1. The number of rotatable bonds is 5. The van der Waals surface area contributed by atoms with Crippen LogP contribution in [-0.2, 0) is 13.2 Å². The highest BCUT2D eigenvalue weighted by Crippen LogP contribution is 2.27. The molecule has 2 N–H and O–H groups in total. The summed E-state index contributed by atoms with van der Waals surface area (Å²) >= 11 is 0. The summed E-state index contributed by atoms with van der Waals surface area (Å²) in [6.45, 7) is 7.60. The largest absolute Gasteiger partial charge is 0.489 e. The van der Waals surface area contributed by atoms with Crippen molar-refractivity contribution in [2.24, 2.45) is 5.73 Å². The molecule has 0 saturated carbocycles. The fourth-order valence-corrected chi connectivity index (χ4v) is 2.83. The molecule has 23 heavy (non-hydrogen) atoms. The Morgan fingerprint density at radius 2 is 1.83 bits per heavy atom. The van der Waals surface area contributed by atoms with E-state index >= 15 is 0 Å². The van der Waals surface area contributed by atoms with Crippen LogP contribution in [0.15, 0.2) is 48.7 Å². The van der Waals surface area contributed by atoms with Crippen LogP contribution in [0.2, 0.25) is 0 Å². The fraction of sp³-hybridized carbons (Fsp3) is 0.300. The van der Waals surface area contributed by atoms with Crippen molar-refractivity contribution < 1.29 is 4.74 Å². The number of nitrogens with two attached hydrogens (primary N) is 1. The summed E-state index contributed by atoms with van der Waals surface area (Å²) in [6, 6.07) is 15.0. The maximum atomic E-state index is 5.97. The number of aromatic nitrogens is 1. The standard InChI is InChI=1S/C20H24N2O/c1-14(2)22-12-17(13-23-18-7-4-15(3)5-8-18)19-9-6-16(11-21)10-20(19)22/h4-10,12,14H,11,13,21H2,1-3H3. The third kappa shape index (κ3) is 3.25. The van der Waals surface area contributed by atoms with E-state index in [4.69, 9.17) is 10.5 Å². The Labute approximate surface area is 137 Å². The van der Waals surface area contributed by atoms with E-state index in [2.05, 4.69) is 61.9 Å². The zero-order valence-electron chi connectivity index (χ0n) is 14.0. The van der Waals surface area contributed by atoms with Crippen molar-refractivity contribution in [2.75, 3.05) is 0 Å². The lowest BCUT2D eigenvalue weighted by atomic mass is 10.1. The molecule has 0 aliphatic rings. The van der Waals surface area contributed by atoms with Crippen LogP contribution < -0.4 is 10.5 Å². The van der Waals surface area contributed by atoms with Crippen molar-refractivity contribution in [3.8, 4) is 5.75 Å². The third-order valence-corrected chi connectivity index (χ3v) is 4.19. The van der Waals surface area contributed by atoms with Crippen LogP contribution >= 0.6 is 0 Å². The molecule has 0 bridgehead atoms. The van der Waals surface area contributed by atoms with Crippen molar-refractivity contribution >= 4 is 10.9 Å². The van der Waals surface area contributed by atoms with Gasteiger partial charge in [-0.2, -0.15) is 0 Å². The summed E-state index contributed by atoms with van der Waals surface area (Å²) in [5.74, 6) is 0.902. The van der Waals surface area contributed by atoms with Crippen molar-refractivity contribution in [3.05, 3.63) is 65.4 Å². The zero-order chi connectivity index (χ0) is 16.4. The molecule has 3 rings (SSSR count). The van der Waals surface area contributed by atoms with Gasteiger partial charge in [-0.15, -0.1) is 0 Å². The van der Waals surface area contributed by atoms with Crippen molar-refractivity contribution in [1.29, 1.82) is 0 Å². The molecular formula is C20H24N2O. The van der Waals surface area contributed by atoms with Crippen LogP contribution in [0.25, 0.3) is 10.9 Å². The predicted octanol–water partition coefficient (Wildman–Crippen LogP) is 4.57. The minimum atomic E-state index is 0.402. The highest BCUT2D eigenvalue weighted by molar-refractivity contribution is 5.84. The van der Waals surface area contributed by atoms with E-state index in [1.165, 1.54) is 22.0 Å². The van der Waals surface area contributed by atoms with E-state index in [0.29, 0.717) is 19.2 Å². The van der Waals surface area contributed by atoms with E-state index in [1.807, 2.05) is 12.1 Å². The average molecular weight is 308 g/mol. The summed E-state index contributed by atoms with van der Waals surface area (Å²) in [4.78, 5) is 0. The lowest BCUT2D eigenvalue weighted by Crippen LogP contribution is -2.00. The van der Waals surface area contributed by atoms with Gasteiger partial charge in [-0.05, 0) is 44.5 Å². The second-order valence-electron chi connectivity index (χ2n) is 6.31. The number of nitrogens with zero attached hydrogens (tertiary/aromatic N) is 1. The Bertz CT molecular complexity index is 800. The molecule has 0 amide bonds. The molecule has 0 unspecified atom stereocenters. The molecule has 0 aliphatic carbocycles. The Morgan fingerprint density at radius 1 is 1.09 bits per heavy atom. The van der Waals surface area contributed by atoms with Gasteiger partial charge in [-0.1, -0.05) is 29.8 Å². The van der Waals surface area contributed by atoms with Crippen LogP contribution in [0, 0.1) is 6.92 Å². The van der Waals surface area contributed by atoms with Crippen LogP contribution in [0.3, 0.4) is 0 Å². The van der Waals surface area contributed by atoms with E-state index in [9.17, 15) is 0 Å². The van der Waals surface area contributed by atoms with Gasteiger partial charge in [0, 0.05) is 35.2 Å². The summed E-state index contributed by atoms with van der Waals surface area (Å²) in [6.07, 6.45) is 2.20. The first-order valence-electron chi connectivity index (χ1n) is 8.10.